The second-order valence-corrected chi connectivity index (χ2v) is 7.74. The van der Waals surface area contributed by atoms with Gasteiger partial charge in [0.2, 0.25) is 5.91 Å². The third-order valence-electron chi connectivity index (χ3n) is 5.53. The molecule has 0 aliphatic heterocycles. The molecule has 1 aromatic carbocycles. The number of rotatable bonds is 4. The number of benzene rings is 1. The van der Waals surface area contributed by atoms with E-state index in [1.807, 2.05) is 37.5 Å². The minimum atomic E-state index is 0.0379. The van der Waals surface area contributed by atoms with Crippen LogP contribution in [0, 0.1) is 5.92 Å². The highest BCUT2D eigenvalue weighted by molar-refractivity contribution is 5.94. The summed E-state index contributed by atoms with van der Waals surface area (Å²) >= 11 is 0. The summed E-state index contributed by atoms with van der Waals surface area (Å²) in [6.07, 6.45) is 5.79. The molecule has 0 unspecified atom stereocenters. The van der Waals surface area contributed by atoms with Crippen LogP contribution in [0.5, 0.6) is 0 Å². The predicted octanol–water partition coefficient (Wildman–Crippen LogP) is 2.48. The summed E-state index contributed by atoms with van der Waals surface area (Å²) in [7, 11) is 6.04. The fourth-order valence-corrected chi connectivity index (χ4v) is 3.83. The Morgan fingerprint density at radius 2 is 1.89 bits per heavy atom. The molecule has 0 atom stereocenters. The molecule has 0 spiro atoms. The average molecular weight is 379 g/mol. The largest absolute Gasteiger partial charge is 0.309 e. The zero-order valence-corrected chi connectivity index (χ0v) is 16.5. The van der Waals surface area contributed by atoms with E-state index >= 15 is 0 Å². The first-order chi connectivity index (χ1) is 13.5. The van der Waals surface area contributed by atoms with E-state index in [4.69, 9.17) is 0 Å². The van der Waals surface area contributed by atoms with Crippen LogP contribution in [0.3, 0.4) is 0 Å². The van der Waals surface area contributed by atoms with E-state index in [1.54, 1.807) is 4.68 Å². The molecule has 4 rings (SSSR count). The fourth-order valence-electron chi connectivity index (χ4n) is 3.83. The topological polar surface area (TPSA) is 88.8 Å². The highest BCUT2D eigenvalue weighted by Gasteiger charge is 2.27. The Morgan fingerprint density at radius 1 is 1.11 bits per heavy atom. The van der Waals surface area contributed by atoms with Gasteiger partial charge in [-0.05, 0) is 58.0 Å². The molecule has 1 amide bonds. The maximum absolute atomic E-state index is 12.7. The Morgan fingerprint density at radius 3 is 2.57 bits per heavy atom. The van der Waals surface area contributed by atoms with Crippen LogP contribution >= 0.6 is 0 Å². The molecule has 2 aromatic heterocycles. The van der Waals surface area contributed by atoms with Crippen LogP contribution in [-0.4, -0.2) is 56.1 Å². The Bertz CT molecular complexity index is 989. The second-order valence-electron chi connectivity index (χ2n) is 7.74. The van der Waals surface area contributed by atoms with Crippen molar-refractivity contribution in [1.29, 1.82) is 0 Å². The van der Waals surface area contributed by atoms with Crippen molar-refractivity contribution in [3.63, 3.8) is 0 Å². The summed E-state index contributed by atoms with van der Waals surface area (Å²) in [4.78, 5) is 14.9. The molecule has 146 valence electrons. The molecular formula is C20H25N7O. The molecule has 1 N–H and O–H groups in total. The van der Waals surface area contributed by atoms with Crippen LogP contribution in [0.15, 0.2) is 30.5 Å². The monoisotopic (exact) mass is 379 g/mol. The number of hydrogen-bond donors (Lipinski definition) is 1. The van der Waals surface area contributed by atoms with Crippen LogP contribution in [0.2, 0.25) is 0 Å². The number of anilines is 1. The lowest BCUT2D eigenvalue weighted by Gasteiger charge is -2.31. The molecular weight excluding hydrogens is 354 g/mol. The SMILES string of the molecule is Cn1cc(-c2ccc3nnc(NC(=O)[C@H]4CC[C@H](N(C)C)CC4)cc3c2)nn1. The van der Waals surface area contributed by atoms with Crippen molar-refractivity contribution in [2.45, 2.75) is 31.7 Å². The molecule has 8 heteroatoms. The normalized spacial score (nSPS) is 19.9. The van der Waals surface area contributed by atoms with Crippen molar-refractivity contribution in [1.82, 2.24) is 30.1 Å². The molecule has 8 nitrogen and oxygen atoms in total. The van der Waals surface area contributed by atoms with Gasteiger partial charge in [0.05, 0.1) is 11.7 Å². The molecule has 0 bridgehead atoms. The van der Waals surface area contributed by atoms with Crippen molar-refractivity contribution in [3.8, 4) is 11.3 Å². The lowest BCUT2D eigenvalue weighted by molar-refractivity contribution is -0.121. The van der Waals surface area contributed by atoms with E-state index < -0.39 is 0 Å². The van der Waals surface area contributed by atoms with E-state index in [0.29, 0.717) is 11.9 Å². The maximum Gasteiger partial charge on any atom is 0.228 e. The number of hydrogen-bond acceptors (Lipinski definition) is 6. The van der Waals surface area contributed by atoms with Crippen molar-refractivity contribution in [3.05, 3.63) is 30.5 Å². The van der Waals surface area contributed by atoms with Gasteiger partial charge in [0.1, 0.15) is 5.69 Å². The van der Waals surface area contributed by atoms with Gasteiger partial charge in [-0.3, -0.25) is 9.48 Å². The third kappa shape index (κ3) is 3.87. The van der Waals surface area contributed by atoms with Gasteiger partial charge in [-0.2, -0.15) is 0 Å². The lowest BCUT2D eigenvalue weighted by Crippen LogP contribution is -2.35. The lowest BCUT2D eigenvalue weighted by atomic mass is 9.85. The van der Waals surface area contributed by atoms with E-state index in [9.17, 15) is 4.79 Å². The van der Waals surface area contributed by atoms with Crippen LogP contribution in [0.4, 0.5) is 5.82 Å². The zero-order chi connectivity index (χ0) is 19.7. The fraction of sp³-hybridized carbons (Fsp3) is 0.450. The summed E-state index contributed by atoms with van der Waals surface area (Å²) < 4.78 is 1.67. The first kappa shape index (κ1) is 18.5. The number of carbonyl (C=O) groups is 1. The molecule has 28 heavy (non-hydrogen) atoms. The van der Waals surface area contributed by atoms with Gasteiger partial charge in [-0.15, -0.1) is 15.3 Å². The summed E-state index contributed by atoms with van der Waals surface area (Å²) in [5.41, 5.74) is 2.52. The standard InChI is InChI=1S/C20H25N7O/c1-26(2)16-7-4-13(5-8-16)20(28)21-19-11-15-10-14(6-9-17(15)22-24-19)18-12-27(3)25-23-18/h6,9-13,16H,4-5,7-8H2,1-3H3,(H,21,24,28)/t13-,16-. The molecule has 3 aromatic rings. The minimum absolute atomic E-state index is 0.0379. The van der Waals surface area contributed by atoms with Gasteiger partial charge < -0.3 is 10.2 Å². The number of aryl methyl sites for hydroxylation is 1. The van der Waals surface area contributed by atoms with E-state index in [2.05, 4.69) is 44.8 Å². The number of amides is 1. The minimum Gasteiger partial charge on any atom is -0.309 e. The molecule has 1 aliphatic carbocycles. The van der Waals surface area contributed by atoms with Gasteiger partial charge in [-0.1, -0.05) is 11.3 Å². The first-order valence-corrected chi connectivity index (χ1v) is 9.61. The smallest absolute Gasteiger partial charge is 0.228 e. The summed E-state index contributed by atoms with van der Waals surface area (Å²) in [6, 6.07) is 8.28. The van der Waals surface area contributed by atoms with E-state index in [1.165, 1.54) is 0 Å². The van der Waals surface area contributed by atoms with E-state index in [0.717, 1.165) is 47.8 Å². The highest BCUT2D eigenvalue weighted by Crippen LogP contribution is 2.28. The Kier molecular flexibility index (Phi) is 5.04. The first-order valence-electron chi connectivity index (χ1n) is 9.61. The predicted molar refractivity (Wildman–Crippen MR) is 108 cm³/mol. The Labute approximate surface area is 163 Å². The van der Waals surface area contributed by atoms with Gasteiger partial charge >= 0.3 is 0 Å². The number of fused-ring (bicyclic) bond motifs is 1. The van der Waals surface area contributed by atoms with Gasteiger partial charge in [0.25, 0.3) is 0 Å². The second kappa shape index (κ2) is 7.63. The third-order valence-corrected chi connectivity index (χ3v) is 5.53. The average Bonchev–Trinajstić information content (AvgIpc) is 3.14. The summed E-state index contributed by atoms with van der Waals surface area (Å²) in [5, 5.41) is 20.4. The molecule has 0 saturated heterocycles. The molecule has 1 saturated carbocycles. The molecule has 1 fully saturated rings. The van der Waals surface area contributed by atoms with Crippen LogP contribution in [0.1, 0.15) is 25.7 Å². The van der Waals surface area contributed by atoms with Crippen molar-refractivity contribution < 1.29 is 4.79 Å². The van der Waals surface area contributed by atoms with Crippen molar-refractivity contribution in [2.75, 3.05) is 19.4 Å². The van der Waals surface area contributed by atoms with E-state index in [-0.39, 0.29) is 11.8 Å². The van der Waals surface area contributed by atoms with Crippen LogP contribution in [-0.2, 0) is 11.8 Å². The molecule has 1 aliphatic rings. The number of carbonyl (C=O) groups excluding carboxylic acids is 1. The van der Waals surface area contributed by atoms with Crippen molar-refractivity contribution >= 4 is 22.6 Å². The molecule has 2 heterocycles. The van der Waals surface area contributed by atoms with Gasteiger partial charge in [0, 0.05) is 30.0 Å². The quantitative estimate of drug-likeness (QED) is 0.749. The van der Waals surface area contributed by atoms with Gasteiger partial charge in [-0.25, -0.2) is 0 Å². The van der Waals surface area contributed by atoms with Crippen molar-refractivity contribution in [2.24, 2.45) is 13.0 Å². The molecule has 0 radical (unpaired) electrons. The van der Waals surface area contributed by atoms with Crippen LogP contribution < -0.4 is 5.32 Å². The summed E-state index contributed by atoms with van der Waals surface area (Å²) in [6.45, 7) is 0. The number of nitrogens with one attached hydrogen (secondary N) is 1. The van der Waals surface area contributed by atoms with Crippen LogP contribution in [0.25, 0.3) is 22.2 Å². The number of aromatic nitrogens is 5. The highest BCUT2D eigenvalue weighted by atomic mass is 16.1. The Balaban J connectivity index is 1.49. The maximum atomic E-state index is 12.7. The van der Waals surface area contributed by atoms with Gasteiger partial charge in [0.15, 0.2) is 5.82 Å². The Hall–Kier alpha value is -2.87. The summed E-state index contributed by atoms with van der Waals surface area (Å²) in [5.74, 6) is 0.569. The number of nitrogens with zero attached hydrogens (tertiary/aromatic N) is 6. The zero-order valence-electron chi connectivity index (χ0n) is 16.5.